The highest BCUT2D eigenvalue weighted by Crippen LogP contribution is 2.30. The number of rotatable bonds is 5. The summed E-state index contributed by atoms with van der Waals surface area (Å²) in [6.07, 6.45) is 4.30. The first-order valence-electron chi connectivity index (χ1n) is 7.68. The molecule has 2 aromatic carbocycles. The van der Waals surface area contributed by atoms with Crippen molar-refractivity contribution in [3.63, 3.8) is 0 Å². The van der Waals surface area contributed by atoms with Crippen LogP contribution in [0.1, 0.15) is 34.3 Å². The summed E-state index contributed by atoms with van der Waals surface area (Å²) >= 11 is 1.70. The molecule has 0 radical (unpaired) electrons. The Labute approximate surface area is 136 Å². The average molecular weight is 311 g/mol. The molecule has 0 saturated heterocycles. The quantitative estimate of drug-likeness (QED) is 0.757. The number of nitrogens with zero attached hydrogens (tertiary/aromatic N) is 1. The van der Waals surface area contributed by atoms with Gasteiger partial charge < -0.3 is 4.90 Å². The lowest BCUT2D eigenvalue weighted by Gasteiger charge is -2.23. The van der Waals surface area contributed by atoms with Crippen LogP contribution in [0.15, 0.2) is 53.4 Å². The SMILES string of the molecule is CSc1ccc(C(=O)N(Cc2cccc(C)c2)C2CC2)cc1. The van der Waals surface area contributed by atoms with Crippen molar-refractivity contribution >= 4 is 17.7 Å². The molecule has 0 aliphatic heterocycles. The smallest absolute Gasteiger partial charge is 0.254 e. The molecule has 0 bridgehead atoms. The molecule has 1 aliphatic rings. The van der Waals surface area contributed by atoms with Crippen molar-refractivity contribution in [1.82, 2.24) is 4.90 Å². The van der Waals surface area contributed by atoms with Crippen LogP contribution >= 0.6 is 11.8 Å². The lowest BCUT2D eigenvalue weighted by Crippen LogP contribution is -2.32. The number of hydrogen-bond acceptors (Lipinski definition) is 2. The second-order valence-corrected chi connectivity index (χ2v) is 6.76. The third-order valence-electron chi connectivity index (χ3n) is 4.02. The number of thioether (sulfide) groups is 1. The number of amides is 1. The van der Waals surface area contributed by atoms with Crippen molar-refractivity contribution < 1.29 is 4.79 Å². The van der Waals surface area contributed by atoms with Gasteiger partial charge in [0.2, 0.25) is 0 Å². The van der Waals surface area contributed by atoms with E-state index in [0.29, 0.717) is 12.6 Å². The van der Waals surface area contributed by atoms with Crippen LogP contribution in [0.4, 0.5) is 0 Å². The molecule has 1 saturated carbocycles. The van der Waals surface area contributed by atoms with Gasteiger partial charge in [-0.25, -0.2) is 0 Å². The van der Waals surface area contributed by atoms with Crippen molar-refractivity contribution in [3.8, 4) is 0 Å². The largest absolute Gasteiger partial charge is 0.331 e. The maximum atomic E-state index is 12.8. The number of hydrogen-bond donors (Lipinski definition) is 0. The third-order valence-corrected chi connectivity index (χ3v) is 4.76. The van der Waals surface area contributed by atoms with Crippen LogP contribution in [0.2, 0.25) is 0 Å². The minimum Gasteiger partial charge on any atom is -0.331 e. The maximum Gasteiger partial charge on any atom is 0.254 e. The predicted molar refractivity (Wildman–Crippen MR) is 92.3 cm³/mol. The molecule has 0 unspecified atom stereocenters. The molecule has 22 heavy (non-hydrogen) atoms. The Bertz CT molecular complexity index is 661. The van der Waals surface area contributed by atoms with Gasteiger partial charge >= 0.3 is 0 Å². The van der Waals surface area contributed by atoms with Crippen LogP contribution in [-0.4, -0.2) is 23.1 Å². The van der Waals surface area contributed by atoms with Gasteiger partial charge in [0, 0.05) is 23.0 Å². The van der Waals surface area contributed by atoms with E-state index in [1.165, 1.54) is 16.0 Å². The Morgan fingerprint density at radius 1 is 1.18 bits per heavy atom. The molecular weight excluding hydrogens is 290 g/mol. The Hall–Kier alpha value is -1.74. The van der Waals surface area contributed by atoms with Gasteiger partial charge in [-0.15, -0.1) is 11.8 Å². The second-order valence-electron chi connectivity index (χ2n) is 5.88. The molecule has 1 fully saturated rings. The molecule has 3 heteroatoms. The molecule has 0 aromatic heterocycles. The predicted octanol–water partition coefficient (Wildman–Crippen LogP) is 4.52. The van der Waals surface area contributed by atoms with Crippen LogP contribution in [0.25, 0.3) is 0 Å². The Morgan fingerprint density at radius 2 is 1.91 bits per heavy atom. The first-order valence-corrected chi connectivity index (χ1v) is 8.90. The Morgan fingerprint density at radius 3 is 2.50 bits per heavy atom. The second kappa shape index (κ2) is 6.57. The molecule has 2 nitrogen and oxygen atoms in total. The fourth-order valence-electron chi connectivity index (χ4n) is 2.66. The van der Waals surface area contributed by atoms with Crippen LogP contribution < -0.4 is 0 Å². The lowest BCUT2D eigenvalue weighted by molar-refractivity contribution is 0.0730. The van der Waals surface area contributed by atoms with Crippen molar-refractivity contribution in [3.05, 3.63) is 65.2 Å². The first kappa shape index (κ1) is 15.2. The fraction of sp³-hybridized carbons (Fsp3) is 0.316. The molecule has 0 atom stereocenters. The Kier molecular flexibility index (Phi) is 4.53. The van der Waals surface area contributed by atoms with Gasteiger partial charge in [-0.3, -0.25) is 4.79 Å². The molecule has 0 heterocycles. The number of benzene rings is 2. The summed E-state index contributed by atoms with van der Waals surface area (Å²) < 4.78 is 0. The van der Waals surface area contributed by atoms with E-state index in [2.05, 4.69) is 31.2 Å². The average Bonchev–Trinajstić information content (AvgIpc) is 3.37. The van der Waals surface area contributed by atoms with E-state index in [0.717, 1.165) is 18.4 Å². The van der Waals surface area contributed by atoms with E-state index >= 15 is 0 Å². The summed E-state index contributed by atoms with van der Waals surface area (Å²) in [6, 6.07) is 16.8. The van der Waals surface area contributed by atoms with Crippen molar-refractivity contribution in [2.75, 3.05) is 6.26 Å². The third kappa shape index (κ3) is 3.53. The first-order chi connectivity index (χ1) is 10.7. The minimum absolute atomic E-state index is 0.150. The molecule has 0 spiro atoms. The van der Waals surface area contributed by atoms with E-state index in [-0.39, 0.29) is 5.91 Å². The summed E-state index contributed by atoms with van der Waals surface area (Å²) in [4.78, 5) is 16.1. The molecule has 0 N–H and O–H groups in total. The van der Waals surface area contributed by atoms with E-state index in [9.17, 15) is 4.79 Å². The van der Waals surface area contributed by atoms with Crippen LogP contribution in [-0.2, 0) is 6.54 Å². The van der Waals surface area contributed by atoms with Crippen LogP contribution in [0.5, 0.6) is 0 Å². The molecule has 1 aliphatic carbocycles. The zero-order chi connectivity index (χ0) is 15.5. The number of carbonyl (C=O) groups is 1. The molecule has 2 aromatic rings. The topological polar surface area (TPSA) is 20.3 Å². The monoisotopic (exact) mass is 311 g/mol. The van der Waals surface area contributed by atoms with Crippen LogP contribution in [0, 0.1) is 6.92 Å². The summed E-state index contributed by atoms with van der Waals surface area (Å²) in [5.41, 5.74) is 3.24. The zero-order valence-electron chi connectivity index (χ0n) is 13.1. The standard InChI is InChI=1S/C19H21NOS/c1-14-4-3-5-15(12-14)13-20(17-8-9-17)19(21)16-6-10-18(22-2)11-7-16/h3-7,10-12,17H,8-9,13H2,1-2H3. The number of carbonyl (C=O) groups excluding carboxylic acids is 1. The van der Waals surface area contributed by atoms with Gasteiger partial charge in [-0.1, -0.05) is 29.8 Å². The summed E-state index contributed by atoms with van der Waals surface area (Å²) in [6.45, 7) is 2.80. The van der Waals surface area contributed by atoms with E-state index in [4.69, 9.17) is 0 Å². The van der Waals surface area contributed by atoms with Crippen LogP contribution in [0.3, 0.4) is 0 Å². The highest BCUT2D eigenvalue weighted by molar-refractivity contribution is 7.98. The van der Waals surface area contributed by atoms with Gasteiger partial charge in [0.05, 0.1) is 0 Å². The zero-order valence-corrected chi connectivity index (χ0v) is 13.9. The van der Waals surface area contributed by atoms with Gasteiger partial charge in [0.1, 0.15) is 0 Å². The van der Waals surface area contributed by atoms with E-state index in [1.54, 1.807) is 11.8 Å². The highest BCUT2D eigenvalue weighted by Gasteiger charge is 2.33. The van der Waals surface area contributed by atoms with Gasteiger partial charge in [-0.05, 0) is 55.9 Å². The fourth-order valence-corrected chi connectivity index (χ4v) is 3.07. The molecule has 1 amide bonds. The minimum atomic E-state index is 0.150. The number of aryl methyl sites for hydroxylation is 1. The van der Waals surface area contributed by atoms with Gasteiger partial charge in [-0.2, -0.15) is 0 Å². The molecule has 3 rings (SSSR count). The summed E-state index contributed by atoms with van der Waals surface area (Å²) in [5.74, 6) is 0.150. The summed E-state index contributed by atoms with van der Waals surface area (Å²) in [7, 11) is 0. The van der Waals surface area contributed by atoms with Gasteiger partial charge in [0.15, 0.2) is 0 Å². The van der Waals surface area contributed by atoms with Gasteiger partial charge in [0.25, 0.3) is 5.91 Å². The molecular formula is C19H21NOS. The van der Waals surface area contributed by atoms with E-state index < -0.39 is 0 Å². The maximum absolute atomic E-state index is 12.8. The van der Waals surface area contributed by atoms with E-state index in [1.807, 2.05) is 35.4 Å². The van der Waals surface area contributed by atoms with Crippen molar-refractivity contribution in [2.24, 2.45) is 0 Å². The van der Waals surface area contributed by atoms with Crippen molar-refractivity contribution in [1.29, 1.82) is 0 Å². The highest BCUT2D eigenvalue weighted by atomic mass is 32.2. The molecule has 114 valence electrons. The Balaban J connectivity index is 1.79. The normalized spacial score (nSPS) is 13.9. The lowest BCUT2D eigenvalue weighted by atomic mass is 10.1. The summed E-state index contributed by atoms with van der Waals surface area (Å²) in [5, 5.41) is 0. The van der Waals surface area contributed by atoms with Crippen molar-refractivity contribution in [2.45, 2.75) is 37.2 Å².